The Morgan fingerprint density at radius 3 is 2.38 bits per heavy atom. The predicted molar refractivity (Wildman–Crippen MR) is 141 cm³/mol. The zero-order chi connectivity index (χ0) is 25.4. The Hall–Kier alpha value is -3.93. The van der Waals surface area contributed by atoms with Crippen molar-refractivity contribution in [1.29, 1.82) is 0 Å². The van der Waals surface area contributed by atoms with E-state index in [1.807, 2.05) is 65.2 Å². The number of nitrogens with one attached hydrogen (secondary N) is 1. The lowest BCUT2D eigenvalue weighted by molar-refractivity contribution is -0.136. The molecule has 3 aromatic carbocycles. The molecule has 0 spiro atoms. The van der Waals surface area contributed by atoms with Crippen LogP contribution in [0.3, 0.4) is 0 Å². The van der Waals surface area contributed by atoms with E-state index in [9.17, 15) is 14.0 Å². The number of para-hydroxylation sites is 1. The van der Waals surface area contributed by atoms with Crippen molar-refractivity contribution >= 4 is 22.7 Å². The molecule has 37 heavy (non-hydrogen) atoms. The molecule has 188 valence electrons. The molecular weight excluding hydrogens is 465 g/mol. The van der Waals surface area contributed by atoms with Crippen LogP contribution in [-0.2, 0) is 23.4 Å². The third-order valence-electron chi connectivity index (χ3n) is 7.94. The van der Waals surface area contributed by atoms with Gasteiger partial charge >= 0.3 is 0 Å². The normalized spacial score (nSPS) is 20.1. The number of carbonyl (C=O) groups excluding carboxylic acids is 2. The second kappa shape index (κ2) is 9.51. The summed E-state index contributed by atoms with van der Waals surface area (Å²) in [5.41, 5.74) is 1.75. The average molecular weight is 496 g/mol. The number of halogens is 1. The number of benzene rings is 3. The first-order valence-corrected chi connectivity index (χ1v) is 13.1. The van der Waals surface area contributed by atoms with Crippen LogP contribution in [0.15, 0.2) is 84.9 Å². The molecule has 1 aliphatic carbocycles. The zero-order valence-corrected chi connectivity index (χ0v) is 20.7. The SMILES string of the molecule is O=C1c2cc3ccccc3n2C[C@](C(=O)NC2CCCCC2)(c2ccccc2)N1Cc1ccc(F)cc1. The quantitative estimate of drug-likeness (QED) is 0.382. The number of nitrogens with zero attached hydrogens (tertiary/aromatic N) is 2. The molecule has 2 aliphatic rings. The van der Waals surface area contributed by atoms with Gasteiger partial charge in [-0.05, 0) is 48.2 Å². The van der Waals surface area contributed by atoms with Crippen LogP contribution >= 0.6 is 0 Å². The van der Waals surface area contributed by atoms with E-state index in [1.165, 1.54) is 18.6 Å². The van der Waals surface area contributed by atoms with Crippen molar-refractivity contribution < 1.29 is 14.0 Å². The van der Waals surface area contributed by atoms with Gasteiger partial charge in [0, 0.05) is 23.5 Å². The molecule has 0 saturated heterocycles. The van der Waals surface area contributed by atoms with Crippen LogP contribution < -0.4 is 5.32 Å². The highest BCUT2D eigenvalue weighted by atomic mass is 19.1. The van der Waals surface area contributed by atoms with E-state index < -0.39 is 5.54 Å². The molecule has 6 heteroatoms. The average Bonchev–Trinajstić information content (AvgIpc) is 3.31. The van der Waals surface area contributed by atoms with Gasteiger partial charge in [-0.1, -0.05) is 79.9 Å². The molecule has 1 N–H and O–H groups in total. The van der Waals surface area contributed by atoms with Gasteiger partial charge in [0.25, 0.3) is 11.8 Å². The van der Waals surface area contributed by atoms with E-state index in [1.54, 1.807) is 17.0 Å². The molecule has 2 heterocycles. The Balaban J connectivity index is 1.53. The van der Waals surface area contributed by atoms with Gasteiger partial charge in [0.05, 0.1) is 6.54 Å². The van der Waals surface area contributed by atoms with Crippen molar-refractivity contribution in [2.24, 2.45) is 0 Å². The van der Waals surface area contributed by atoms with Crippen molar-refractivity contribution in [1.82, 2.24) is 14.8 Å². The minimum absolute atomic E-state index is 0.0902. The Morgan fingerprint density at radius 1 is 0.919 bits per heavy atom. The van der Waals surface area contributed by atoms with Crippen molar-refractivity contribution in [3.8, 4) is 0 Å². The lowest BCUT2D eigenvalue weighted by Crippen LogP contribution is -2.64. The number of carbonyl (C=O) groups is 2. The molecule has 1 fully saturated rings. The number of aromatic nitrogens is 1. The Morgan fingerprint density at radius 2 is 1.62 bits per heavy atom. The maximum Gasteiger partial charge on any atom is 0.272 e. The van der Waals surface area contributed by atoms with Gasteiger partial charge in [0.1, 0.15) is 11.5 Å². The maximum atomic E-state index is 14.5. The van der Waals surface area contributed by atoms with Crippen molar-refractivity contribution in [2.75, 3.05) is 0 Å². The van der Waals surface area contributed by atoms with E-state index in [4.69, 9.17) is 0 Å². The number of rotatable bonds is 5. The fraction of sp³-hybridized carbons (Fsp3) is 0.290. The van der Waals surface area contributed by atoms with E-state index in [0.717, 1.165) is 47.7 Å². The second-order valence-corrected chi connectivity index (χ2v) is 10.2. The molecule has 2 amide bonds. The molecule has 0 unspecified atom stereocenters. The summed E-state index contributed by atoms with van der Waals surface area (Å²) in [6.45, 7) is 0.485. The Bertz CT molecular complexity index is 1440. The molecular formula is C31H30FN3O2. The van der Waals surface area contributed by atoms with Gasteiger partial charge in [0.2, 0.25) is 0 Å². The van der Waals surface area contributed by atoms with Crippen LogP contribution in [0.25, 0.3) is 10.9 Å². The number of amides is 2. The van der Waals surface area contributed by atoms with Crippen molar-refractivity contribution in [3.05, 3.63) is 108 Å². The predicted octanol–water partition coefficient (Wildman–Crippen LogP) is 5.78. The van der Waals surface area contributed by atoms with Gasteiger partial charge in [-0.2, -0.15) is 0 Å². The first kappa shape index (κ1) is 23.5. The second-order valence-electron chi connectivity index (χ2n) is 10.2. The van der Waals surface area contributed by atoms with Crippen LogP contribution in [0.4, 0.5) is 4.39 Å². The number of fused-ring (bicyclic) bond motifs is 3. The van der Waals surface area contributed by atoms with Crippen LogP contribution in [0.5, 0.6) is 0 Å². The number of hydrogen-bond acceptors (Lipinski definition) is 2. The molecule has 1 aliphatic heterocycles. The Labute approximate surface area is 215 Å². The third-order valence-corrected chi connectivity index (χ3v) is 7.94. The maximum absolute atomic E-state index is 14.5. The summed E-state index contributed by atoms with van der Waals surface area (Å²) in [4.78, 5) is 30.5. The zero-order valence-electron chi connectivity index (χ0n) is 20.7. The molecule has 0 bridgehead atoms. The molecule has 1 saturated carbocycles. The standard InChI is InChI=1S/C31H30FN3O2/c32-25-17-15-22(16-18-25)20-35-29(36)28-19-23-9-7-8-14-27(23)34(28)21-31(35,24-10-3-1-4-11-24)30(37)33-26-12-5-2-6-13-26/h1,3-4,7-11,14-19,26H,2,5-6,12-13,20-21H2,(H,33,37)/t31-/m1/s1. The highest BCUT2D eigenvalue weighted by Gasteiger charge is 2.52. The lowest BCUT2D eigenvalue weighted by Gasteiger charge is -2.47. The van der Waals surface area contributed by atoms with E-state index in [-0.39, 0.29) is 30.2 Å². The molecule has 0 radical (unpaired) electrons. The Kier molecular flexibility index (Phi) is 6.03. The largest absolute Gasteiger partial charge is 0.351 e. The fourth-order valence-corrected chi connectivity index (χ4v) is 6.00. The summed E-state index contributed by atoms with van der Waals surface area (Å²) < 4.78 is 15.7. The van der Waals surface area contributed by atoms with Gasteiger partial charge in [-0.3, -0.25) is 9.59 Å². The topological polar surface area (TPSA) is 54.3 Å². The number of hydrogen-bond donors (Lipinski definition) is 1. The van der Waals surface area contributed by atoms with Crippen LogP contribution in [-0.4, -0.2) is 27.3 Å². The van der Waals surface area contributed by atoms with Crippen molar-refractivity contribution in [2.45, 2.75) is 56.8 Å². The summed E-state index contributed by atoms with van der Waals surface area (Å²) >= 11 is 0. The van der Waals surface area contributed by atoms with Crippen molar-refractivity contribution in [3.63, 3.8) is 0 Å². The summed E-state index contributed by atoms with van der Waals surface area (Å²) in [5.74, 6) is -0.711. The highest BCUT2D eigenvalue weighted by molar-refractivity contribution is 6.04. The third kappa shape index (κ3) is 4.10. The summed E-state index contributed by atoms with van der Waals surface area (Å²) in [6.07, 6.45) is 5.26. The van der Waals surface area contributed by atoms with Crippen LogP contribution in [0.2, 0.25) is 0 Å². The first-order valence-electron chi connectivity index (χ1n) is 13.1. The smallest absolute Gasteiger partial charge is 0.272 e. The molecule has 1 aromatic heterocycles. The van der Waals surface area contributed by atoms with E-state index in [2.05, 4.69) is 5.32 Å². The summed E-state index contributed by atoms with van der Waals surface area (Å²) in [5, 5.41) is 4.30. The first-order chi connectivity index (χ1) is 18.1. The van der Waals surface area contributed by atoms with Crippen LogP contribution in [0.1, 0.15) is 53.7 Å². The van der Waals surface area contributed by atoms with E-state index in [0.29, 0.717) is 12.2 Å². The van der Waals surface area contributed by atoms with E-state index >= 15 is 0 Å². The summed E-state index contributed by atoms with van der Waals surface area (Å²) in [7, 11) is 0. The molecule has 4 aromatic rings. The fourth-order valence-electron chi connectivity index (χ4n) is 6.00. The molecule has 1 atom stereocenters. The van der Waals surface area contributed by atoms with Gasteiger partial charge in [-0.25, -0.2) is 4.39 Å². The van der Waals surface area contributed by atoms with Gasteiger partial charge < -0.3 is 14.8 Å². The minimum atomic E-state index is -1.26. The summed E-state index contributed by atoms with van der Waals surface area (Å²) in [6, 6.07) is 25.7. The van der Waals surface area contributed by atoms with Gasteiger partial charge in [0.15, 0.2) is 5.54 Å². The monoisotopic (exact) mass is 495 g/mol. The molecule has 6 rings (SSSR count). The van der Waals surface area contributed by atoms with Gasteiger partial charge in [-0.15, -0.1) is 0 Å². The highest BCUT2D eigenvalue weighted by Crippen LogP contribution is 2.40. The lowest BCUT2D eigenvalue weighted by atomic mass is 9.83. The minimum Gasteiger partial charge on any atom is -0.351 e. The van der Waals surface area contributed by atoms with Crippen LogP contribution in [0, 0.1) is 5.82 Å². The molecule has 5 nitrogen and oxygen atoms in total.